The molecule has 0 aliphatic carbocycles. The van der Waals surface area contributed by atoms with Gasteiger partial charge in [-0.1, -0.05) is 6.07 Å². The van der Waals surface area contributed by atoms with Crippen LogP contribution in [0.3, 0.4) is 0 Å². The van der Waals surface area contributed by atoms with Gasteiger partial charge >= 0.3 is 0 Å². The second-order valence-electron chi connectivity index (χ2n) is 2.25. The smallest absolute Gasteiger partial charge is 0.178 e. The fourth-order valence-electron chi connectivity index (χ4n) is 0.714. The maximum Gasteiger partial charge on any atom is 0.178 e. The van der Waals surface area contributed by atoms with Gasteiger partial charge in [0.05, 0.1) is 0 Å². The van der Waals surface area contributed by atoms with Gasteiger partial charge in [0.2, 0.25) is 0 Å². The predicted octanol–water partition coefficient (Wildman–Crippen LogP) is 2.45. The quantitative estimate of drug-likeness (QED) is 0.502. The molecule has 0 atom stereocenters. The van der Waals surface area contributed by atoms with Gasteiger partial charge in [0.1, 0.15) is 0 Å². The van der Waals surface area contributed by atoms with Crippen molar-refractivity contribution in [2.75, 3.05) is 0 Å². The molecule has 0 aliphatic heterocycles. The Morgan fingerprint density at radius 2 is 1.78 bits per heavy atom. The molecule has 0 saturated carbocycles. The Kier molecular flexibility index (Phi) is 1.43. The lowest BCUT2D eigenvalue weighted by atomic mass is 10.1. The molecule has 0 unspecified atom stereocenters. The summed E-state index contributed by atoms with van der Waals surface area (Å²) >= 11 is 0. The van der Waals surface area contributed by atoms with Gasteiger partial charge in [-0.3, -0.25) is 5.11 Å². The summed E-state index contributed by atoms with van der Waals surface area (Å²) in [5.41, 5.74) is 2.25. The van der Waals surface area contributed by atoms with Crippen LogP contribution in [0.1, 0.15) is 11.1 Å². The van der Waals surface area contributed by atoms with Crippen molar-refractivity contribution in [1.29, 1.82) is 0 Å². The van der Waals surface area contributed by atoms with E-state index in [0.717, 1.165) is 5.56 Å². The Hall–Kier alpha value is -0.980. The van der Waals surface area contributed by atoms with Crippen LogP contribution in [0.15, 0.2) is 18.2 Å². The van der Waals surface area contributed by atoms with Crippen LogP contribution >= 0.6 is 0 Å². The van der Waals surface area contributed by atoms with Gasteiger partial charge in [-0.25, -0.2) is 0 Å². The number of hydrogen-bond donors (Lipinski definition) is 0. The van der Waals surface area contributed by atoms with Crippen LogP contribution in [-0.4, -0.2) is 0 Å². The minimum Gasteiger partial charge on any atom is -0.290 e. The Morgan fingerprint density at radius 1 is 1.11 bits per heavy atom. The van der Waals surface area contributed by atoms with Crippen molar-refractivity contribution in [3.8, 4) is 5.75 Å². The Bertz CT molecular complexity index is 216. The van der Waals surface area contributed by atoms with E-state index in [2.05, 4.69) is 0 Å². The summed E-state index contributed by atoms with van der Waals surface area (Å²) in [6.07, 6.45) is 0. The highest BCUT2D eigenvalue weighted by molar-refractivity contribution is 5.32. The van der Waals surface area contributed by atoms with Crippen molar-refractivity contribution >= 4 is 0 Å². The molecule has 0 heterocycles. The van der Waals surface area contributed by atoms with Crippen LogP contribution in [-0.2, 0) is 5.11 Å². The lowest BCUT2D eigenvalue weighted by Crippen LogP contribution is -1.76. The van der Waals surface area contributed by atoms with Gasteiger partial charge in [0.25, 0.3) is 0 Å². The molecule has 0 fully saturated rings. The summed E-state index contributed by atoms with van der Waals surface area (Å²) in [7, 11) is 0. The minimum atomic E-state index is 0.0955. The standard InChI is InChI=1S/C8H9O/c1-6-3-4-8(9)5-7(6)2/h3-5H,1-2H3. The molecule has 1 aromatic carbocycles. The van der Waals surface area contributed by atoms with E-state index in [9.17, 15) is 5.11 Å². The van der Waals surface area contributed by atoms with Crippen molar-refractivity contribution in [2.24, 2.45) is 0 Å². The van der Waals surface area contributed by atoms with Crippen LogP contribution in [0.5, 0.6) is 5.75 Å². The van der Waals surface area contributed by atoms with E-state index in [1.807, 2.05) is 19.9 Å². The summed E-state index contributed by atoms with van der Waals surface area (Å²) in [4.78, 5) is 0. The fourth-order valence-corrected chi connectivity index (χ4v) is 0.714. The number of aryl methyl sites for hydroxylation is 2. The van der Waals surface area contributed by atoms with Crippen LogP contribution in [0, 0.1) is 13.8 Å². The van der Waals surface area contributed by atoms with E-state index in [1.54, 1.807) is 12.1 Å². The third-order valence-electron chi connectivity index (χ3n) is 1.48. The summed E-state index contributed by atoms with van der Waals surface area (Å²) < 4.78 is 0. The van der Waals surface area contributed by atoms with Crippen LogP contribution < -0.4 is 0 Å². The maximum atomic E-state index is 10.6. The average molecular weight is 121 g/mol. The van der Waals surface area contributed by atoms with Crippen LogP contribution in [0.25, 0.3) is 0 Å². The Morgan fingerprint density at radius 3 is 2.22 bits per heavy atom. The van der Waals surface area contributed by atoms with Gasteiger partial charge < -0.3 is 0 Å². The molecular formula is C8H9O. The molecule has 0 bridgehead atoms. The molecule has 1 aromatic rings. The van der Waals surface area contributed by atoms with E-state index in [4.69, 9.17) is 0 Å². The van der Waals surface area contributed by atoms with E-state index < -0.39 is 0 Å². The molecule has 1 radical (unpaired) electrons. The third kappa shape index (κ3) is 1.22. The molecule has 1 rings (SSSR count). The van der Waals surface area contributed by atoms with Crippen molar-refractivity contribution < 1.29 is 5.11 Å². The maximum absolute atomic E-state index is 10.6. The predicted molar refractivity (Wildman–Crippen MR) is 36.0 cm³/mol. The molecule has 0 N–H and O–H groups in total. The highest BCUT2D eigenvalue weighted by Gasteiger charge is 1.92. The van der Waals surface area contributed by atoms with E-state index in [0.29, 0.717) is 0 Å². The average Bonchev–Trinajstić information content (AvgIpc) is 1.80. The lowest BCUT2D eigenvalue weighted by Gasteiger charge is -1.95. The van der Waals surface area contributed by atoms with Crippen LogP contribution in [0.4, 0.5) is 0 Å². The van der Waals surface area contributed by atoms with E-state index in [-0.39, 0.29) is 5.75 Å². The van der Waals surface area contributed by atoms with E-state index >= 15 is 0 Å². The van der Waals surface area contributed by atoms with Crippen molar-refractivity contribution in [2.45, 2.75) is 13.8 Å². The largest absolute Gasteiger partial charge is 0.290 e. The Balaban J connectivity index is 3.17. The van der Waals surface area contributed by atoms with Gasteiger partial charge in [0, 0.05) is 0 Å². The van der Waals surface area contributed by atoms with E-state index in [1.165, 1.54) is 5.56 Å². The molecular weight excluding hydrogens is 112 g/mol. The van der Waals surface area contributed by atoms with Gasteiger partial charge in [-0.2, -0.15) is 0 Å². The topological polar surface area (TPSA) is 19.9 Å². The van der Waals surface area contributed by atoms with Crippen molar-refractivity contribution in [3.05, 3.63) is 29.3 Å². The number of rotatable bonds is 0. The summed E-state index contributed by atoms with van der Waals surface area (Å²) in [6.45, 7) is 3.94. The van der Waals surface area contributed by atoms with Crippen LogP contribution in [0.2, 0.25) is 0 Å². The second kappa shape index (κ2) is 2.09. The first-order valence-electron chi connectivity index (χ1n) is 2.94. The monoisotopic (exact) mass is 121 g/mol. The molecule has 0 amide bonds. The first-order valence-corrected chi connectivity index (χ1v) is 2.94. The number of benzene rings is 1. The molecule has 0 saturated heterocycles. The molecule has 9 heavy (non-hydrogen) atoms. The van der Waals surface area contributed by atoms with Gasteiger partial charge in [0.15, 0.2) is 5.75 Å². The normalized spacial score (nSPS) is 9.56. The molecule has 0 spiro atoms. The summed E-state index contributed by atoms with van der Waals surface area (Å²) in [5, 5.41) is 10.6. The zero-order valence-electron chi connectivity index (χ0n) is 5.64. The minimum absolute atomic E-state index is 0.0955. The first kappa shape index (κ1) is 6.14. The molecule has 0 aromatic heterocycles. The Labute approximate surface area is 55.0 Å². The summed E-state index contributed by atoms with van der Waals surface area (Å²) in [5.74, 6) is 0.0955. The third-order valence-corrected chi connectivity index (χ3v) is 1.48. The fraction of sp³-hybridized carbons (Fsp3) is 0.250. The van der Waals surface area contributed by atoms with Gasteiger partial charge in [-0.05, 0) is 37.1 Å². The molecule has 1 heteroatoms. The lowest BCUT2D eigenvalue weighted by molar-refractivity contribution is 0.354. The zero-order chi connectivity index (χ0) is 6.85. The highest BCUT2D eigenvalue weighted by Crippen LogP contribution is 2.14. The van der Waals surface area contributed by atoms with Crippen molar-refractivity contribution in [1.82, 2.24) is 0 Å². The van der Waals surface area contributed by atoms with Gasteiger partial charge in [-0.15, -0.1) is 0 Å². The molecule has 47 valence electrons. The highest BCUT2D eigenvalue weighted by atomic mass is 16.3. The molecule has 1 nitrogen and oxygen atoms in total. The summed E-state index contributed by atoms with van der Waals surface area (Å²) in [6, 6.07) is 5.08. The zero-order valence-corrected chi connectivity index (χ0v) is 5.64. The number of hydrogen-bond acceptors (Lipinski definition) is 0. The first-order chi connectivity index (χ1) is 4.20. The SMILES string of the molecule is Cc1ccc([O])cc1C. The van der Waals surface area contributed by atoms with Crippen molar-refractivity contribution in [3.63, 3.8) is 0 Å². The second-order valence-corrected chi connectivity index (χ2v) is 2.25. The molecule has 0 aliphatic rings.